The summed E-state index contributed by atoms with van der Waals surface area (Å²) in [6.07, 6.45) is 12.4. The fraction of sp³-hybridized carbons (Fsp3) is 0.421. The fourth-order valence-electron chi connectivity index (χ4n) is 3.83. The van der Waals surface area contributed by atoms with Crippen molar-refractivity contribution in [2.75, 3.05) is 0 Å². The lowest BCUT2D eigenvalue weighted by atomic mass is 9.86. The maximum absolute atomic E-state index is 13.1. The molecule has 2 aliphatic rings. The molecule has 0 N–H and O–H groups in total. The number of aromatic nitrogens is 2. The summed E-state index contributed by atoms with van der Waals surface area (Å²) in [5.41, 5.74) is 6.21. The standard InChI is InChI=1S/C19H20N2O/c22-19(17-15-7-3-1-5-13(15)9-11-20-17)18-16-8-4-2-6-14(16)10-12-21-18/h9-12H,1-8H2. The molecule has 0 bridgehead atoms. The highest BCUT2D eigenvalue weighted by Crippen LogP contribution is 2.28. The Balaban J connectivity index is 1.80. The van der Waals surface area contributed by atoms with Gasteiger partial charge in [-0.1, -0.05) is 0 Å². The zero-order valence-electron chi connectivity index (χ0n) is 12.8. The van der Waals surface area contributed by atoms with Gasteiger partial charge >= 0.3 is 0 Å². The van der Waals surface area contributed by atoms with Crippen LogP contribution >= 0.6 is 0 Å². The molecule has 0 saturated heterocycles. The van der Waals surface area contributed by atoms with E-state index in [1.54, 1.807) is 12.4 Å². The molecule has 0 unspecified atom stereocenters. The number of aryl methyl sites for hydroxylation is 2. The molecule has 0 atom stereocenters. The van der Waals surface area contributed by atoms with Gasteiger partial charge in [0.1, 0.15) is 11.4 Å². The summed E-state index contributed by atoms with van der Waals surface area (Å²) in [6.45, 7) is 0. The summed E-state index contributed by atoms with van der Waals surface area (Å²) in [6, 6.07) is 4.14. The van der Waals surface area contributed by atoms with Crippen LogP contribution in [-0.2, 0) is 25.7 Å². The molecule has 2 aliphatic carbocycles. The van der Waals surface area contributed by atoms with E-state index in [4.69, 9.17) is 0 Å². The smallest absolute Gasteiger partial charge is 0.230 e. The van der Waals surface area contributed by atoms with E-state index < -0.39 is 0 Å². The Morgan fingerprint density at radius 1 is 0.727 bits per heavy atom. The molecule has 22 heavy (non-hydrogen) atoms. The maximum Gasteiger partial charge on any atom is 0.230 e. The van der Waals surface area contributed by atoms with Crippen molar-refractivity contribution in [1.29, 1.82) is 0 Å². The average molecular weight is 292 g/mol. The molecule has 0 aliphatic heterocycles. The first-order valence-electron chi connectivity index (χ1n) is 8.33. The normalized spacial score (nSPS) is 16.7. The predicted molar refractivity (Wildman–Crippen MR) is 85.2 cm³/mol. The van der Waals surface area contributed by atoms with Crippen LogP contribution in [0.2, 0.25) is 0 Å². The fourth-order valence-corrected chi connectivity index (χ4v) is 3.83. The number of carbonyl (C=O) groups excluding carboxylic acids is 1. The van der Waals surface area contributed by atoms with Gasteiger partial charge in [-0.15, -0.1) is 0 Å². The van der Waals surface area contributed by atoms with Crippen molar-refractivity contribution in [2.45, 2.75) is 51.4 Å². The quantitative estimate of drug-likeness (QED) is 0.796. The summed E-state index contributed by atoms with van der Waals surface area (Å²) in [7, 11) is 0. The molecule has 3 heteroatoms. The highest BCUT2D eigenvalue weighted by Gasteiger charge is 2.25. The van der Waals surface area contributed by atoms with Crippen molar-refractivity contribution < 1.29 is 4.79 Å². The van der Waals surface area contributed by atoms with E-state index in [0.29, 0.717) is 11.4 Å². The van der Waals surface area contributed by atoms with Gasteiger partial charge in [-0.2, -0.15) is 0 Å². The molecular weight excluding hydrogens is 272 g/mol. The molecule has 0 radical (unpaired) electrons. The summed E-state index contributed by atoms with van der Waals surface area (Å²) < 4.78 is 0. The van der Waals surface area contributed by atoms with Crippen LogP contribution in [-0.4, -0.2) is 15.8 Å². The van der Waals surface area contributed by atoms with Gasteiger partial charge in [0.2, 0.25) is 5.78 Å². The van der Waals surface area contributed by atoms with Gasteiger partial charge < -0.3 is 0 Å². The van der Waals surface area contributed by atoms with E-state index in [1.165, 1.54) is 24.0 Å². The highest BCUT2D eigenvalue weighted by molar-refractivity contribution is 6.08. The Labute approximate surface area is 130 Å². The van der Waals surface area contributed by atoms with Crippen molar-refractivity contribution in [3.8, 4) is 0 Å². The van der Waals surface area contributed by atoms with Gasteiger partial charge in [0.15, 0.2) is 0 Å². The molecule has 4 rings (SSSR count). The second kappa shape index (κ2) is 5.64. The SMILES string of the molecule is O=C(c1nccc2c1CCCC2)c1nccc2c1CCCC2. The Hall–Kier alpha value is -2.03. The lowest BCUT2D eigenvalue weighted by Crippen LogP contribution is -2.18. The first kappa shape index (κ1) is 13.6. The summed E-state index contributed by atoms with van der Waals surface area (Å²) in [4.78, 5) is 21.9. The summed E-state index contributed by atoms with van der Waals surface area (Å²) in [5.74, 6) is 0.0255. The van der Waals surface area contributed by atoms with Gasteiger partial charge in [-0.25, -0.2) is 0 Å². The van der Waals surface area contributed by atoms with Gasteiger partial charge in [-0.3, -0.25) is 14.8 Å². The van der Waals surface area contributed by atoms with E-state index in [9.17, 15) is 4.79 Å². The third kappa shape index (κ3) is 2.25. The molecule has 112 valence electrons. The molecule has 0 fully saturated rings. The number of carbonyl (C=O) groups is 1. The predicted octanol–water partition coefficient (Wildman–Crippen LogP) is 3.47. The summed E-state index contributed by atoms with van der Waals surface area (Å²) in [5, 5.41) is 0. The Bertz CT molecular complexity index is 675. The number of hydrogen-bond acceptors (Lipinski definition) is 3. The van der Waals surface area contributed by atoms with Gasteiger partial charge in [-0.05, 0) is 85.8 Å². The minimum Gasteiger partial charge on any atom is -0.285 e. The molecule has 0 saturated carbocycles. The van der Waals surface area contributed by atoms with Crippen LogP contribution < -0.4 is 0 Å². The second-order valence-corrected chi connectivity index (χ2v) is 6.34. The summed E-state index contributed by atoms with van der Waals surface area (Å²) >= 11 is 0. The molecule has 3 nitrogen and oxygen atoms in total. The molecule has 2 aromatic rings. The van der Waals surface area contributed by atoms with E-state index >= 15 is 0 Å². The van der Waals surface area contributed by atoms with Gasteiger partial charge in [0.05, 0.1) is 0 Å². The van der Waals surface area contributed by atoms with Gasteiger partial charge in [0, 0.05) is 12.4 Å². The maximum atomic E-state index is 13.1. The van der Waals surface area contributed by atoms with E-state index in [0.717, 1.165) is 49.7 Å². The van der Waals surface area contributed by atoms with Crippen LogP contribution in [0.25, 0.3) is 0 Å². The van der Waals surface area contributed by atoms with Crippen LogP contribution in [0.15, 0.2) is 24.5 Å². The number of rotatable bonds is 2. The molecule has 0 aromatic carbocycles. The third-order valence-electron chi connectivity index (χ3n) is 4.98. The monoisotopic (exact) mass is 292 g/mol. The number of fused-ring (bicyclic) bond motifs is 2. The molecule has 2 heterocycles. The lowest BCUT2D eigenvalue weighted by molar-refractivity contribution is 0.102. The Kier molecular flexibility index (Phi) is 3.49. The number of nitrogens with zero attached hydrogens (tertiary/aromatic N) is 2. The van der Waals surface area contributed by atoms with Crippen molar-refractivity contribution in [3.05, 3.63) is 58.2 Å². The van der Waals surface area contributed by atoms with E-state index in [1.807, 2.05) is 0 Å². The van der Waals surface area contributed by atoms with Crippen molar-refractivity contribution in [2.24, 2.45) is 0 Å². The van der Waals surface area contributed by atoms with Crippen LogP contribution in [0.3, 0.4) is 0 Å². The largest absolute Gasteiger partial charge is 0.285 e. The minimum atomic E-state index is 0.0255. The topological polar surface area (TPSA) is 42.9 Å². The highest BCUT2D eigenvalue weighted by atomic mass is 16.1. The number of hydrogen-bond donors (Lipinski definition) is 0. The molecule has 0 spiro atoms. The van der Waals surface area contributed by atoms with E-state index in [-0.39, 0.29) is 5.78 Å². The number of pyridine rings is 2. The lowest BCUT2D eigenvalue weighted by Gasteiger charge is -2.20. The second-order valence-electron chi connectivity index (χ2n) is 6.34. The van der Waals surface area contributed by atoms with Crippen LogP contribution in [0, 0.1) is 0 Å². The zero-order chi connectivity index (χ0) is 14.9. The Morgan fingerprint density at radius 2 is 1.18 bits per heavy atom. The van der Waals surface area contributed by atoms with Crippen molar-refractivity contribution in [3.63, 3.8) is 0 Å². The molecule has 2 aromatic heterocycles. The average Bonchev–Trinajstić information content (AvgIpc) is 2.60. The van der Waals surface area contributed by atoms with Crippen molar-refractivity contribution >= 4 is 5.78 Å². The molecular formula is C19H20N2O. The van der Waals surface area contributed by atoms with Crippen LogP contribution in [0.1, 0.15) is 64.1 Å². The van der Waals surface area contributed by atoms with Crippen molar-refractivity contribution in [1.82, 2.24) is 9.97 Å². The third-order valence-corrected chi connectivity index (χ3v) is 4.98. The first-order valence-corrected chi connectivity index (χ1v) is 8.33. The molecule has 0 amide bonds. The van der Waals surface area contributed by atoms with Crippen LogP contribution in [0.5, 0.6) is 0 Å². The zero-order valence-corrected chi connectivity index (χ0v) is 12.8. The van der Waals surface area contributed by atoms with E-state index in [2.05, 4.69) is 22.1 Å². The van der Waals surface area contributed by atoms with Gasteiger partial charge in [0.25, 0.3) is 0 Å². The number of ketones is 1. The Morgan fingerprint density at radius 3 is 1.68 bits per heavy atom. The van der Waals surface area contributed by atoms with Crippen LogP contribution in [0.4, 0.5) is 0 Å². The first-order chi connectivity index (χ1) is 10.8. The minimum absolute atomic E-state index is 0.0255.